The normalized spacial score (nSPS) is 13.0. The first-order chi connectivity index (χ1) is 9.93. The SMILES string of the molecule is CCC(C)n1c(CCCN)nc2c(=O)n(C)c(=O)n(C)c21. The summed E-state index contributed by atoms with van der Waals surface area (Å²) in [5.41, 5.74) is 5.86. The van der Waals surface area contributed by atoms with Gasteiger partial charge in [-0.15, -0.1) is 0 Å². The quantitative estimate of drug-likeness (QED) is 0.858. The first-order valence-corrected chi connectivity index (χ1v) is 7.30. The van der Waals surface area contributed by atoms with E-state index in [1.54, 1.807) is 7.05 Å². The van der Waals surface area contributed by atoms with Gasteiger partial charge in [-0.3, -0.25) is 13.9 Å². The molecule has 116 valence electrons. The fourth-order valence-corrected chi connectivity index (χ4v) is 2.58. The number of hydrogen-bond donors (Lipinski definition) is 1. The van der Waals surface area contributed by atoms with Crippen molar-refractivity contribution in [2.24, 2.45) is 19.8 Å². The van der Waals surface area contributed by atoms with Crippen LogP contribution in [0, 0.1) is 0 Å². The first kappa shape index (κ1) is 15.5. The van der Waals surface area contributed by atoms with E-state index in [1.165, 1.54) is 11.6 Å². The fourth-order valence-electron chi connectivity index (χ4n) is 2.58. The number of imidazole rings is 1. The standard InChI is InChI=1S/C14H23N5O2/c1-5-9(2)19-10(7-6-8-15)16-11-12(19)17(3)14(21)18(4)13(11)20/h9H,5-8,15H2,1-4H3. The van der Waals surface area contributed by atoms with Crippen LogP contribution in [-0.4, -0.2) is 25.2 Å². The summed E-state index contributed by atoms with van der Waals surface area (Å²) in [7, 11) is 3.16. The van der Waals surface area contributed by atoms with Crippen molar-refractivity contribution in [1.82, 2.24) is 18.7 Å². The van der Waals surface area contributed by atoms with Gasteiger partial charge in [0.2, 0.25) is 0 Å². The Hall–Kier alpha value is -1.89. The molecule has 0 radical (unpaired) electrons. The van der Waals surface area contributed by atoms with Gasteiger partial charge in [0.15, 0.2) is 5.52 Å². The number of aromatic nitrogens is 4. The molecule has 0 aliphatic carbocycles. The van der Waals surface area contributed by atoms with Crippen molar-refractivity contribution < 1.29 is 0 Å². The highest BCUT2D eigenvalue weighted by Gasteiger charge is 2.20. The van der Waals surface area contributed by atoms with Gasteiger partial charge in [0.1, 0.15) is 11.5 Å². The van der Waals surface area contributed by atoms with E-state index in [4.69, 9.17) is 5.73 Å². The average Bonchev–Trinajstić information content (AvgIpc) is 2.87. The van der Waals surface area contributed by atoms with E-state index in [-0.39, 0.29) is 17.3 Å². The van der Waals surface area contributed by atoms with Crippen LogP contribution in [0.3, 0.4) is 0 Å². The summed E-state index contributed by atoms with van der Waals surface area (Å²) in [6.07, 6.45) is 2.39. The summed E-state index contributed by atoms with van der Waals surface area (Å²) in [5, 5.41) is 0. The lowest BCUT2D eigenvalue weighted by Gasteiger charge is -2.17. The fraction of sp³-hybridized carbons (Fsp3) is 0.643. The Balaban J connectivity index is 2.87. The molecule has 0 aliphatic rings. The third-order valence-corrected chi connectivity index (χ3v) is 3.99. The van der Waals surface area contributed by atoms with Crippen molar-refractivity contribution in [3.05, 3.63) is 26.7 Å². The Morgan fingerprint density at radius 2 is 1.90 bits per heavy atom. The van der Waals surface area contributed by atoms with Gasteiger partial charge in [-0.05, 0) is 26.3 Å². The van der Waals surface area contributed by atoms with Crippen LogP contribution in [0.5, 0.6) is 0 Å². The summed E-state index contributed by atoms with van der Waals surface area (Å²) in [6, 6.07) is 0.167. The highest BCUT2D eigenvalue weighted by atomic mass is 16.2. The number of rotatable bonds is 5. The predicted octanol–water partition coefficient (Wildman–Crippen LogP) is 0.296. The molecule has 7 nitrogen and oxygen atoms in total. The van der Waals surface area contributed by atoms with Crippen LogP contribution >= 0.6 is 0 Å². The first-order valence-electron chi connectivity index (χ1n) is 7.30. The van der Waals surface area contributed by atoms with Gasteiger partial charge in [0.05, 0.1) is 0 Å². The molecule has 2 aromatic heterocycles. The van der Waals surface area contributed by atoms with E-state index >= 15 is 0 Å². The summed E-state index contributed by atoms with van der Waals surface area (Å²) >= 11 is 0. The molecule has 0 saturated heterocycles. The van der Waals surface area contributed by atoms with E-state index in [2.05, 4.69) is 18.8 Å². The molecule has 21 heavy (non-hydrogen) atoms. The maximum atomic E-state index is 12.3. The minimum atomic E-state index is -0.343. The lowest BCUT2D eigenvalue weighted by atomic mass is 10.2. The largest absolute Gasteiger partial charge is 0.332 e. The molecule has 0 bridgehead atoms. The molecular formula is C14H23N5O2. The van der Waals surface area contributed by atoms with Crippen molar-refractivity contribution in [3.63, 3.8) is 0 Å². The summed E-state index contributed by atoms with van der Waals surface area (Å²) in [5.74, 6) is 0.822. The van der Waals surface area contributed by atoms with Crippen LogP contribution in [0.25, 0.3) is 11.2 Å². The molecule has 0 aliphatic heterocycles. The Bertz CT molecular complexity index is 768. The van der Waals surface area contributed by atoms with Crippen molar-refractivity contribution in [1.29, 1.82) is 0 Å². The Kier molecular flexibility index (Phi) is 4.32. The van der Waals surface area contributed by atoms with Gasteiger partial charge >= 0.3 is 5.69 Å². The summed E-state index contributed by atoms with van der Waals surface area (Å²) < 4.78 is 4.61. The second-order valence-corrected chi connectivity index (χ2v) is 5.43. The molecular weight excluding hydrogens is 270 g/mol. The molecule has 0 spiro atoms. The Morgan fingerprint density at radius 3 is 2.48 bits per heavy atom. The molecule has 2 N–H and O–H groups in total. The van der Waals surface area contributed by atoms with Gasteiger partial charge in [0, 0.05) is 26.6 Å². The van der Waals surface area contributed by atoms with Gasteiger partial charge in [-0.25, -0.2) is 9.78 Å². The van der Waals surface area contributed by atoms with Gasteiger partial charge < -0.3 is 10.3 Å². The zero-order valence-electron chi connectivity index (χ0n) is 13.1. The summed E-state index contributed by atoms with van der Waals surface area (Å²) in [4.78, 5) is 29.0. The van der Waals surface area contributed by atoms with Crippen molar-refractivity contribution >= 4 is 11.2 Å². The summed E-state index contributed by atoms with van der Waals surface area (Å²) in [6.45, 7) is 4.71. The van der Waals surface area contributed by atoms with Crippen LogP contribution in [0.4, 0.5) is 0 Å². The number of fused-ring (bicyclic) bond motifs is 1. The van der Waals surface area contributed by atoms with Crippen LogP contribution < -0.4 is 17.0 Å². The van der Waals surface area contributed by atoms with Gasteiger partial charge in [-0.1, -0.05) is 6.92 Å². The van der Waals surface area contributed by atoms with Crippen molar-refractivity contribution in [2.45, 2.75) is 39.2 Å². The van der Waals surface area contributed by atoms with E-state index in [0.29, 0.717) is 24.1 Å². The third-order valence-electron chi connectivity index (χ3n) is 3.99. The zero-order valence-corrected chi connectivity index (χ0v) is 13.1. The molecule has 2 aromatic rings. The maximum absolute atomic E-state index is 12.3. The predicted molar refractivity (Wildman–Crippen MR) is 82.6 cm³/mol. The second-order valence-electron chi connectivity index (χ2n) is 5.43. The van der Waals surface area contributed by atoms with Crippen LogP contribution in [0.2, 0.25) is 0 Å². The van der Waals surface area contributed by atoms with Gasteiger partial charge in [-0.2, -0.15) is 0 Å². The average molecular weight is 293 g/mol. The molecule has 7 heteroatoms. The molecule has 0 saturated carbocycles. The Morgan fingerprint density at radius 1 is 1.24 bits per heavy atom. The van der Waals surface area contributed by atoms with Crippen LogP contribution in [0.15, 0.2) is 9.59 Å². The molecule has 0 amide bonds. The molecule has 1 unspecified atom stereocenters. The van der Waals surface area contributed by atoms with E-state index in [1.807, 2.05) is 4.57 Å². The second kappa shape index (κ2) is 5.85. The minimum absolute atomic E-state index is 0.167. The van der Waals surface area contributed by atoms with E-state index in [9.17, 15) is 9.59 Å². The molecule has 0 fully saturated rings. The number of aryl methyl sites for hydroxylation is 2. The molecule has 2 heterocycles. The third kappa shape index (κ3) is 2.42. The van der Waals surface area contributed by atoms with Crippen molar-refractivity contribution in [2.75, 3.05) is 6.54 Å². The van der Waals surface area contributed by atoms with E-state index in [0.717, 1.165) is 23.2 Å². The van der Waals surface area contributed by atoms with Crippen LogP contribution in [0.1, 0.15) is 38.6 Å². The van der Waals surface area contributed by atoms with E-state index < -0.39 is 0 Å². The monoisotopic (exact) mass is 293 g/mol. The Labute approximate surface area is 123 Å². The zero-order chi connectivity index (χ0) is 15.7. The lowest BCUT2D eigenvalue weighted by molar-refractivity contribution is 0.508. The highest BCUT2D eigenvalue weighted by Crippen LogP contribution is 2.21. The maximum Gasteiger partial charge on any atom is 0.332 e. The highest BCUT2D eigenvalue weighted by molar-refractivity contribution is 5.71. The lowest BCUT2D eigenvalue weighted by Crippen LogP contribution is -2.37. The minimum Gasteiger partial charge on any atom is -0.330 e. The van der Waals surface area contributed by atoms with Crippen molar-refractivity contribution in [3.8, 4) is 0 Å². The molecule has 2 rings (SSSR count). The topological polar surface area (TPSA) is 87.8 Å². The number of nitrogens with zero attached hydrogens (tertiary/aromatic N) is 4. The smallest absolute Gasteiger partial charge is 0.330 e. The van der Waals surface area contributed by atoms with Crippen LogP contribution in [-0.2, 0) is 20.5 Å². The molecule has 1 atom stereocenters. The number of nitrogens with two attached hydrogens (primary N) is 1. The molecule has 0 aromatic carbocycles. The number of hydrogen-bond acceptors (Lipinski definition) is 4. The van der Waals surface area contributed by atoms with Gasteiger partial charge in [0.25, 0.3) is 5.56 Å².